The fraction of sp³-hybridized carbons (Fsp3) is 0.619. The van der Waals surface area contributed by atoms with Gasteiger partial charge in [-0.3, -0.25) is 9.59 Å². The molecule has 0 unspecified atom stereocenters. The van der Waals surface area contributed by atoms with Gasteiger partial charge in [-0.05, 0) is 43.4 Å². The van der Waals surface area contributed by atoms with Gasteiger partial charge in [0.15, 0.2) is 0 Å². The van der Waals surface area contributed by atoms with Crippen LogP contribution in [0, 0.1) is 5.92 Å². The Labute approximate surface area is 162 Å². The van der Waals surface area contributed by atoms with Crippen molar-refractivity contribution >= 4 is 17.5 Å². The second-order valence-corrected chi connectivity index (χ2v) is 7.95. The maximum Gasteiger partial charge on any atom is 0.253 e. The van der Waals surface area contributed by atoms with Crippen molar-refractivity contribution in [1.29, 1.82) is 0 Å². The highest BCUT2D eigenvalue weighted by molar-refractivity contribution is 5.95. The monoisotopic (exact) mass is 373 g/mol. The first-order chi connectivity index (χ1) is 12.9. The van der Waals surface area contributed by atoms with Crippen molar-refractivity contribution in [2.75, 3.05) is 45.7 Å². The molecule has 1 saturated carbocycles. The molecule has 3 rings (SSSR count). The Hall–Kier alpha value is -2.24. The molecule has 27 heavy (non-hydrogen) atoms. The largest absolute Gasteiger partial charge is 0.489 e. The van der Waals surface area contributed by atoms with Crippen LogP contribution in [-0.2, 0) is 4.79 Å². The van der Waals surface area contributed by atoms with Crippen molar-refractivity contribution in [2.45, 2.75) is 38.6 Å². The summed E-state index contributed by atoms with van der Waals surface area (Å²) in [5.74, 6) is 1.62. The van der Waals surface area contributed by atoms with Crippen LogP contribution in [0.4, 0.5) is 5.69 Å². The smallest absolute Gasteiger partial charge is 0.253 e. The number of carbonyl (C=O) groups excluding carboxylic acids is 2. The highest BCUT2D eigenvalue weighted by Crippen LogP contribution is 2.35. The molecule has 6 nitrogen and oxygen atoms in total. The van der Waals surface area contributed by atoms with Gasteiger partial charge < -0.3 is 19.4 Å². The van der Waals surface area contributed by atoms with E-state index in [0.29, 0.717) is 24.5 Å². The van der Waals surface area contributed by atoms with E-state index in [0.717, 1.165) is 30.9 Å². The first-order valence-electron chi connectivity index (χ1n) is 9.89. The Morgan fingerprint density at radius 2 is 2.00 bits per heavy atom. The molecule has 0 N–H and O–H groups in total. The van der Waals surface area contributed by atoms with Crippen LogP contribution in [0.1, 0.15) is 43.0 Å². The van der Waals surface area contributed by atoms with Gasteiger partial charge in [0.1, 0.15) is 12.4 Å². The molecule has 0 radical (unpaired) electrons. The summed E-state index contributed by atoms with van der Waals surface area (Å²) in [5, 5.41) is 0. The number of carbonyl (C=O) groups is 2. The van der Waals surface area contributed by atoms with Gasteiger partial charge in [-0.1, -0.05) is 6.92 Å². The number of nitrogens with zero attached hydrogens (tertiary/aromatic N) is 3. The number of benzene rings is 1. The van der Waals surface area contributed by atoms with Crippen LogP contribution in [0.25, 0.3) is 0 Å². The molecule has 1 aromatic carbocycles. The number of rotatable bonds is 7. The average molecular weight is 373 g/mol. The second kappa shape index (κ2) is 8.19. The molecule has 0 aromatic heterocycles. The quantitative estimate of drug-likeness (QED) is 0.737. The number of fused-ring (bicyclic) bond motifs is 1. The average Bonchev–Trinajstić information content (AvgIpc) is 3.47. The van der Waals surface area contributed by atoms with Gasteiger partial charge in [0.2, 0.25) is 5.91 Å². The number of ether oxygens (including phenoxy) is 1. The van der Waals surface area contributed by atoms with E-state index in [1.54, 1.807) is 25.1 Å². The molecule has 1 aliphatic heterocycles. The Bertz CT molecular complexity index is 700. The zero-order chi connectivity index (χ0) is 19.6. The molecular weight excluding hydrogens is 342 g/mol. The highest BCUT2D eigenvalue weighted by Gasteiger charge is 2.31. The van der Waals surface area contributed by atoms with Gasteiger partial charge in [-0.25, -0.2) is 0 Å². The first-order valence-corrected chi connectivity index (χ1v) is 9.89. The summed E-state index contributed by atoms with van der Waals surface area (Å²) in [6.45, 7) is 4.31. The van der Waals surface area contributed by atoms with Crippen LogP contribution in [0.5, 0.6) is 5.75 Å². The van der Waals surface area contributed by atoms with E-state index in [-0.39, 0.29) is 17.9 Å². The first kappa shape index (κ1) is 19.5. The lowest BCUT2D eigenvalue weighted by Gasteiger charge is -2.37. The van der Waals surface area contributed by atoms with Crippen LogP contribution in [-0.4, -0.2) is 68.5 Å². The number of amides is 2. The molecule has 2 amide bonds. The lowest BCUT2D eigenvalue weighted by Crippen LogP contribution is -2.45. The van der Waals surface area contributed by atoms with Crippen molar-refractivity contribution in [1.82, 2.24) is 9.80 Å². The molecular formula is C21H31N3O3. The molecule has 1 fully saturated rings. The van der Waals surface area contributed by atoms with Crippen molar-refractivity contribution < 1.29 is 14.3 Å². The molecule has 1 aliphatic carbocycles. The van der Waals surface area contributed by atoms with E-state index in [1.165, 1.54) is 12.8 Å². The van der Waals surface area contributed by atoms with Gasteiger partial charge >= 0.3 is 0 Å². The third-order valence-corrected chi connectivity index (χ3v) is 5.40. The van der Waals surface area contributed by atoms with E-state index in [1.807, 2.05) is 24.1 Å². The predicted molar refractivity (Wildman–Crippen MR) is 106 cm³/mol. The van der Waals surface area contributed by atoms with Gasteiger partial charge in [-0.2, -0.15) is 0 Å². The van der Waals surface area contributed by atoms with Gasteiger partial charge in [0.25, 0.3) is 5.91 Å². The lowest BCUT2D eigenvalue weighted by atomic mass is 10.1. The molecule has 6 heteroatoms. The molecule has 1 aromatic rings. The zero-order valence-corrected chi connectivity index (χ0v) is 16.9. The van der Waals surface area contributed by atoms with Crippen molar-refractivity contribution in [2.24, 2.45) is 5.92 Å². The third-order valence-electron chi connectivity index (χ3n) is 5.40. The van der Waals surface area contributed by atoms with Crippen LogP contribution in [0.3, 0.4) is 0 Å². The van der Waals surface area contributed by atoms with Gasteiger partial charge in [0, 0.05) is 39.8 Å². The van der Waals surface area contributed by atoms with Crippen molar-refractivity contribution in [3.05, 3.63) is 23.8 Å². The van der Waals surface area contributed by atoms with Crippen LogP contribution < -0.4 is 9.64 Å². The van der Waals surface area contributed by atoms with E-state index in [2.05, 4.69) is 11.8 Å². The molecule has 0 saturated heterocycles. The van der Waals surface area contributed by atoms with E-state index in [4.69, 9.17) is 4.74 Å². The minimum absolute atomic E-state index is 0.0201. The molecule has 2 aliphatic rings. The number of hydrogen-bond donors (Lipinski definition) is 0. The van der Waals surface area contributed by atoms with Crippen LogP contribution >= 0.6 is 0 Å². The molecule has 0 spiro atoms. The van der Waals surface area contributed by atoms with Gasteiger partial charge in [-0.15, -0.1) is 0 Å². The number of likely N-dealkylation sites (N-methyl/N-ethyl adjacent to an activating group) is 1. The Balaban J connectivity index is 1.71. The van der Waals surface area contributed by atoms with Crippen LogP contribution in [0.15, 0.2) is 18.2 Å². The summed E-state index contributed by atoms with van der Waals surface area (Å²) >= 11 is 0. The van der Waals surface area contributed by atoms with E-state index >= 15 is 0 Å². The summed E-state index contributed by atoms with van der Waals surface area (Å²) < 4.78 is 5.90. The highest BCUT2D eigenvalue weighted by atomic mass is 16.5. The fourth-order valence-electron chi connectivity index (χ4n) is 3.53. The predicted octanol–water partition coefficient (Wildman–Crippen LogP) is 2.62. The van der Waals surface area contributed by atoms with Crippen LogP contribution in [0.2, 0.25) is 0 Å². The van der Waals surface area contributed by atoms with Crippen molar-refractivity contribution in [3.63, 3.8) is 0 Å². The topological polar surface area (TPSA) is 53.1 Å². The maximum atomic E-state index is 12.9. The van der Waals surface area contributed by atoms with Gasteiger partial charge in [0.05, 0.1) is 18.2 Å². The standard InChI is InChI=1S/C21H31N3O3/c1-5-10-24(13-15-6-7-15)20(25)12-17-14-27-19-9-8-16(21(26)22(2)3)11-18(19)23(17)4/h8-9,11,15,17H,5-7,10,12-14H2,1-4H3/t17-/m0/s1. The van der Waals surface area contributed by atoms with E-state index < -0.39 is 0 Å². The van der Waals surface area contributed by atoms with Crippen molar-refractivity contribution in [3.8, 4) is 5.75 Å². The Morgan fingerprint density at radius 1 is 1.26 bits per heavy atom. The SMILES string of the molecule is CCCN(CC1CC1)C(=O)C[C@H]1COc2ccc(C(=O)N(C)C)cc2N1C. The summed E-state index contributed by atoms with van der Waals surface area (Å²) in [7, 11) is 5.46. The van der Waals surface area contributed by atoms with E-state index in [9.17, 15) is 9.59 Å². The number of anilines is 1. The molecule has 1 heterocycles. The Kier molecular flexibility index (Phi) is 5.92. The summed E-state index contributed by atoms with van der Waals surface area (Å²) in [5.41, 5.74) is 1.50. The normalized spacial score (nSPS) is 18.5. The Morgan fingerprint density at radius 3 is 2.63 bits per heavy atom. The summed E-state index contributed by atoms with van der Waals surface area (Å²) in [4.78, 5) is 30.8. The third kappa shape index (κ3) is 4.54. The maximum absolute atomic E-state index is 12.9. The fourth-order valence-corrected chi connectivity index (χ4v) is 3.53. The minimum Gasteiger partial charge on any atom is -0.489 e. The number of hydrogen-bond acceptors (Lipinski definition) is 4. The minimum atomic E-state index is -0.0389. The molecule has 148 valence electrons. The summed E-state index contributed by atoms with van der Waals surface area (Å²) in [6.07, 6.45) is 3.91. The lowest BCUT2D eigenvalue weighted by molar-refractivity contribution is -0.132. The summed E-state index contributed by atoms with van der Waals surface area (Å²) in [6, 6.07) is 5.48. The molecule has 1 atom stereocenters. The molecule has 0 bridgehead atoms. The zero-order valence-electron chi connectivity index (χ0n) is 16.9. The second-order valence-electron chi connectivity index (χ2n) is 7.95.